The third-order valence-electron chi connectivity index (χ3n) is 4.21. The molecule has 1 amide bonds. The number of fused-ring (bicyclic) bond motifs is 1. The standard InChI is InChI=1S/C19H21ClN2O4S2/c1-2-28(24,25)22-13-18(26-17-6-4-3-5-16(17)22)19(23)21-11-12-27-15-9-7-14(20)8-10-15/h3-10,18H,2,11-13H2,1H3,(H,21,23)/t18-/m0/s1. The first-order valence-electron chi connectivity index (χ1n) is 8.83. The molecule has 3 rings (SSSR count). The maximum atomic E-state index is 12.5. The molecule has 0 unspecified atom stereocenters. The van der Waals surface area contributed by atoms with Crippen molar-refractivity contribution in [1.82, 2.24) is 5.32 Å². The van der Waals surface area contributed by atoms with Crippen molar-refractivity contribution in [3.63, 3.8) is 0 Å². The first-order chi connectivity index (χ1) is 13.4. The molecule has 0 aromatic heterocycles. The Morgan fingerprint density at radius 1 is 1.25 bits per heavy atom. The van der Waals surface area contributed by atoms with Gasteiger partial charge in [0, 0.05) is 22.2 Å². The zero-order valence-corrected chi connectivity index (χ0v) is 17.7. The van der Waals surface area contributed by atoms with E-state index in [-0.39, 0.29) is 18.2 Å². The number of rotatable bonds is 7. The Bertz CT molecular complexity index is 935. The SMILES string of the molecule is CCS(=O)(=O)N1C[C@@H](C(=O)NCCSc2ccc(Cl)cc2)Oc2ccccc21. The number of thioether (sulfide) groups is 1. The van der Waals surface area contributed by atoms with Gasteiger partial charge < -0.3 is 10.1 Å². The zero-order chi connectivity index (χ0) is 20.1. The van der Waals surface area contributed by atoms with E-state index < -0.39 is 16.1 Å². The van der Waals surface area contributed by atoms with E-state index in [9.17, 15) is 13.2 Å². The van der Waals surface area contributed by atoms with E-state index >= 15 is 0 Å². The molecule has 0 radical (unpaired) electrons. The quantitative estimate of drug-likeness (QED) is 0.528. The average Bonchev–Trinajstić information content (AvgIpc) is 2.71. The van der Waals surface area contributed by atoms with Crippen LogP contribution in [0, 0.1) is 0 Å². The lowest BCUT2D eigenvalue weighted by atomic mass is 10.2. The van der Waals surface area contributed by atoms with Gasteiger partial charge >= 0.3 is 0 Å². The molecule has 1 atom stereocenters. The smallest absolute Gasteiger partial charge is 0.263 e. The molecule has 0 saturated carbocycles. The van der Waals surface area contributed by atoms with Crippen LogP contribution in [0.25, 0.3) is 0 Å². The molecule has 0 saturated heterocycles. The van der Waals surface area contributed by atoms with E-state index in [0.717, 1.165) is 4.90 Å². The number of nitrogens with one attached hydrogen (secondary N) is 1. The van der Waals surface area contributed by atoms with E-state index in [1.807, 2.05) is 24.3 Å². The topological polar surface area (TPSA) is 75.7 Å². The first-order valence-corrected chi connectivity index (χ1v) is 11.8. The van der Waals surface area contributed by atoms with Gasteiger partial charge in [0.2, 0.25) is 10.0 Å². The van der Waals surface area contributed by atoms with Crippen molar-refractivity contribution in [1.29, 1.82) is 0 Å². The second kappa shape index (κ2) is 9.07. The molecule has 2 aromatic rings. The van der Waals surface area contributed by atoms with Crippen LogP contribution in [0.2, 0.25) is 5.02 Å². The Morgan fingerprint density at radius 3 is 2.68 bits per heavy atom. The summed E-state index contributed by atoms with van der Waals surface area (Å²) in [6, 6.07) is 14.3. The highest BCUT2D eigenvalue weighted by Crippen LogP contribution is 2.35. The van der Waals surface area contributed by atoms with Crippen LogP contribution in [0.4, 0.5) is 5.69 Å². The number of nitrogens with zero attached hydrogens (tertiary/aromatic N) is 1. The van der Waals surface area contributed by atoms with Crippen molar-refractivity contribution in [2.75, 3.05) is 28.9 Å². The highest BCUT2D eigenvalue weighted by Gasteiger charge is 2.35. The number of hydrogen-bond donors (Lipinski definition) is 1. The highest BCUT2D eigenvalue weighted by molar-refractivity contribution is 7.99. The summed E-state index contributed by atoms with van der Waals surface area (Å²) < 4.78 is 31.9. The van der Waals surface area contributed by atoms with Gasteiger partial charge in [0.15, 0.2) is 6.10 Å². The van der Waals surface area contributed by atoms with Gasteiger partial charge in [-0.2, -0.15) is 0 Å². The van der Waals surface area contributed by atoms with Crippen molar-refractivity contribution in [2.24, 2.45) is 0 Å². The van der Waals surface area contributed by atoms with E-state index in [1.165, 1.54) is 4.31 Å². The Kier molecular flexibility index (Phi) is 6.74. The molecule has 2 aromatic carbocycles. The average molecular weight is 441 g/mol. The minimum Gasteiger partial charge on any atom is -0.476 e. The second-order valence-corrected chi connectivity index (χ2v) is 9.89. The highest BCUT2D eigenvalue weighted by atomic mass is 35.5. The molecule has 0 spiro atoms. The van der Waals surface area contributed by atoms with E-state index in [4.69, 9.17) is 16.3 Å². The van der Waals surface area contributed by atoms with E-state index in [2.05, 4.69) is 5.32 Å². The molecular formula is C19H21ClN2O4S2. The van der Waals surface area contributed by atoms with E-state index in [1.54, 1.807) is 43.0 Å². The summed E-state index contributed by atoms with van der Waals surface area (Å²) in [5, 5.41) is 3.50. The van der Waals surface area contributed by atoms with Crippen molar-refractivity contribution >= 4 is 45.0 Å². The molecule has 9 heteroatoms. The number of carbonyl (C=O) groups is 1. The zero-order valence-electron chi connectivity index (χ0n) is 15.3. The molecule has 1 aliphatic rings. The molecular weight excluding hydrogens is 420 g/mol. The number of sulfonamides is 1. The third kappa shape index (κ3) is 4.92. The first kappa shape index (κ1) is 20.8. The fraction of sp³-hybridized carbons (Fsp3) is 0.316. The van der Waals surface area contributed by atoms with Gasteiger partial charge in [-0.25, -0.2) is 8.42 Å². The molecule has 150 valence electrons. The fourth-order valence-corrected chi connectivity index (χ4v) is 4.76. The lowest BCUT2D eigenvalue weighted by Crippen LogP contribution is -2.51. The van der Waals surface area contributed by atoms with Crippen molar-refractivity contribution in [3.8, 4) is 5.75 Å². The number of anilines is 1. The van der Waals surface area contributed by atoms with Gasteiger partial charge in [-0.1, -0.05) is 23.7 Å². The van der Waals surface area contributed by atoms with Crippen molar-refractivity contribution in [3.05, 3.63) is 53.6 Å². The number of amides is 1. The fourth-order valence-electron chi connectivity index (χ4n) is 2.75. The predicted molar refractivity (Wildman–Crippen MR) is 113 cm³/mol. The molecule has 6 nitrogen and oxygen atoms in total. The van der Waals surface area contributed by atoms with Gasteiger partial charge in [0.25, 0.3) is 5.91 Å². The van der Waals surface area contributed by atoms with Gasteiger partial charge in [-0.15, -0.1) is 11.8 Å². The summed E-state index contributed by atoms with van der Waals surface area (Å²) in [6.45, 7) is 1.98. The van der Waals surface area contributed by atoms with Crippen LogP contribution < -0.4 is 14.4 Å². The monoisotopic (exact) mass is 440 g/mol. The number of para-hydroxylation sites is 2. The van der Waals surface area contributed by atoms with Gasteiger partial charge in [-0.3, -0.25) is 9.10 Å². The van der Waals surface area contributed by atoms with Gasteiger partial charge in [-0.05, 0) is 43.3 Å². The summed E-state index contributed by atoms with van der Waals surface area (Å²) in [6.07, 6.45) is -0.892. The van der Waals surface area contributed by atoms with Gasteiger partial charge in [0.05, 0.1) is 18.0 Å². The minimum absolute atomic E-state index is 0.0383. The molecule has 0 fully saturated rings. The summed E-state index contributed by atoms with van der Waals surface area (Å²) >= 11 is 7.46. The van der Waals surface area contributed by atoms with E-state index in [0.29, 0.717) is 28.8 Å². The maximum Gasteiger partial charge on any atom is 0.263 e. The molecule has 0 bridgehead atoms. The van der Waals surface area contributed by atoms with Crippen LogP contribution >= 0.6 is 23.4 Å². The number of halogens is 1. The lowest BCUT2D eigenvalue weighted by Gasteiger charge is -2.34. The minimum atomic E-state index is -3.51. The summed E-state index contributed by atoms with van der Waals surface area (Å²) in [7, 11) is -3.51. The van der Waals surface area contributed by atoms with Crippen molar-refractivity contribution in [2.45, 2.75) is 17.9 Å². The maximum absolute atomic E-state index is 12.5. The number of ether oxygens (including phenoxy) is 1. The second-order valence-electron chi connectivity index (χ2n) is 6.10. The Morgan fingerprint density at radius 2 is 1.96 bits per heavy atom. The largest absolute Gasteiger partial charge is 0.476 e. The molecule has 28 heavy (non-hydrogen) atoms. The van der Waals surface area contributed by atoms with Crippen molar-refractivity contribution < 1.29 is 17.9 Å². The third-order valence-corrected chi connectivity index (χ3v) is 7.22. The molecule has 1 N–H and O–H groups in total. The number of hydrogen-bond acceptors (Lipinski definition) is 5. The Labute approximate surface area is 174 Å². The summed E-state index contributed by atoms with van der Waals surface area (Å²) in [4.78, 5) is 13.6. The van der Waals surface area contributed by atoms with Crippen LogP contribution in [0.1, 0.15) is 6.92 Å². The number of carbonyl (C=O) groups excluding carboxylic acids is 1. The predicted octanol–water partition coefficient (Wildman–Crippen LogP) is 3.17. The van der Waals surface area contributed by atoms with Crippen LogP contribution in [0.3, 0.4) is 0 Å². The normalized spacial score (nSPS) is 16.2. The summed E-state index contributed by atoms with van der Waals surface area (Å²) in [5.74, 6) is 0.685. The molecule has 0 aliphatic carbocycles. The Balaban J connectivity index is 1.60. The lowest BCUT2D eigenvalue weighted by molar-refractivity contribution is -0.127. The summed E-state index contributed by atoms with van der Waals surface area (Å²) in [5.41, 5.74) is 0.465. The molecule has 1 aliphatic heterocycles. The van der Waals surface area contributed by atoms with Crippen LogP contribution in [-0.4, -0.2) is 45.0 Å². The number of benzene rings is 2. The Hall–Kier alpha value is -1.90. The van der Waals surface area contributed by atoms with Crippen LogP contribution in [0.5, 0.6) is 5.75 Å². The molecule has 1 heterocycles. The van der Waals surface area contributed by atoms with Crippen LogP contribution in [0.15, 0.2) is 53.4 Å². The van der Waals surface area contributed by atoms with Crippen LogP contribution in [-0.2, 0) is 14.8 Å². The van der Waals surface area contributed by atoms with Gasteiger partial charge in [0.1, 0.15) is 5.75 Å².